The van der Waals surface area contributed by atoms with Gasteiger partial charge in [0, 0.05) is 36.3 Å². The molecule has 0 unspecified atom stereocenters. The molecule has 0 fully saturated rings. The minimum Gasteiger partial charge on any atom is -0.394 e. The van der Waals surface area contributed by atoms with Gasteiger partial charge in [-0.05, 0) is 13.8 Å². The van der Waals surface area contributed by atoms with Crippen LogP contribution in [-0.2, 0) is 17.9 Å². The normalized spacial score (nSPS) is 11.7. The Labute approximate surface area is 126 Å². The first-order valence-electron chi connectivity index (χ1n) is 7.40. The van der Waals surface area contributed by atoms with Gasteiger partial charge in [0.25, 0.3) is 0 Å². The highest BCUT2D eigenvalue weighted by Crippen LogP contribution is 2.13. The molecule has 0 bridgehead atoms. The number of aryl methyl sites for hydroxylation is 1. The molecule has 0 aliphatic heterocycles. The molecular weight excluding hydrogens is 268 g/mol. The second-order valence-corrected chi connectivity index (χ2v) is 6.28. The quantitative estimate of drug-likeness (QED) is 0.649. The van der Waals surface area contributed by atoms with Gasteiger partial charge in [-0.1, -0.05) is 20.8 Å². The number of nitrogens with one attached hydrogen (secondary N) is 2. The summed E-state index contributed by atoms with van der Waals surface area (Å²) < 4.78 is 1.83. The third-order valence-corrected chi connectivity index (χ3v) is 3.41. The van der Waals surface area contributed by atoms with Gasteiger partial charge >= 0.3 is 0 Å². The van der Waals surface area contributed by atoms with Crippen LogP contribution in [0.3, 0.4) is 0 Å². The highest BCUT2D eigenvalue weighted by molar-refractivity contribution is 5.81. The molecule has 0 atom stereocenters. The SMILES string of the molecule is Cc1nn(CCO)c(C)c1CNCCNC(=O)C(C)(C)C. The molecule has 0 aliphatic carbocycles. The smallest absolute Gasteiger partial charge is 0.225 e. The van der Waals surface area contributed by atoms with Crippen LogP contribution >= 0.6 is 0 Å². The molecule has 1 aromatic heterocycles. The van der Waals surface area contributed by atoms with Gasteiger partial charge in [-0.25, -0.2) is 0 Å². The Kier molecular flexibility index (Phi) is 6.36. The van der Waals surface area contributed by atoms with E-state index >= 15 is 0 Å². The Morgan fingerprint density at radius 3 is 2.52 bits per heavy atom. The van der Waals surface area contributed by atoms with E-state index in [1.807, 2.05) is 39.3 Å². The van der Waals surface area contributed by atoms with E-state index in [-0.39, 0.29) is 17.9 Å². The third kappa shape index (κ3) is 5.13. The Bertz CT molecular complexity index is 475. The lowest BCUT2D eigenvalue weighted by atomic mass is 9.96. The highest BCUT2D eigenvalue weighted by atomic mass is 16.3. The van der Waals surface area contributed by atoms with Gasteiger partial charge in [-0.15, -0.1) is 0 Å². The first kappa shape index (κ1) is 17.7. The molecule has 120 valence electrons. The van der Waals surface area contributed by atoms with Crippen molar-refractivity contribution in [2.75, 3.05) is 19.7 Å². The molecule has 6 nitrogen and oxygen atoms in total. The maximum absolute atomic E-state index is 11.7. The van der Waals surface area contributed by atoms with E-state index in [0.717, 1.165) is 17.0 Å². The third-order valence-electron chi connectivity index (χ3n) is 3.41. The van der Waals surface area contributed by atoms with Crippen molar-refractivity contribution in [3.8, 4) is 0 Å². The molecule has 6 heteroatoms. The zero-order valence-electron chi connectivity index (χ0n) is 13.8. The number of hydrogen-bond donors (Lipinski definition) is 3. The van der Waals surface area contributed by atoms with Crippen LogP contribution in [0.25, 0.3) is 0 Å². The minimum atomic E-state index is -0.349. The van der Waals surface area contributed by atoms with Gasteiger partial charge in [0.05, 0.1) is 18.8 Å². The van der Waals surface area contributed by atoms with E-state index in [4.69, 9.17) is 5.11 Å². The standard InChI is InChI=1S/C15H28N4O2/c1-11-13(12(2)19(18-11)8-9-20)10-16-6-7-17-14(21)15(3,4)5/h16,20H,6-10H2,1-5H3,(H,17,21). The second-order valence-electron chi connectivity index (χ2n) is 6.28. The molecule has 1 aromatic rings. The molecule has 1 amide bonds. The average molecular weight is 296 g/mol. The molecule has 21 heavy (non-hydrogen) atoms. The van der Waals surface area contributed by atoms with Gasteiger partial charge in [0.1, 0.15) is 0 Å². The van der Waals surface area contributed by atoms with Gasteiger partial charge in [0.15, 0.2) is 0 Å². The number of amides is 1. The first-order chi connectivity index (χ1) is 9.77. The van der Waals surface area contributed by atoms with Gasteiger partial charge in [-0.3, -0.25) is 9.48 Å². The lowest BCUT2D eigenvalue weighted by Crippen LogP contribution is -2.38. The predicted octanol–water partition coefficient (Wildman–Crippen LogP) is 0.744. The van der Waals surface area contributed by atoms with Crippen LogP contribution in [0.2, 0.25) is 0 Å². The molecule has 0 spiro atoms. The molecule has 0 aliphatic rings. The molecule has 1 heterocycles. The average Bonchev–Trinajstić information content (AvgIpc) is 2.64. The molecule has 3 N–H and O–H groups in total. The number of rotatable bonds is 7. The summed E-state index contributed by atoms with van der Waals surface area (Å²) in [6.45, 7) is 12.3. The summed E-state index contributed by atoms with van der Waals surface area (Å²) in [6, 6.07) is 0. The van der Waals surface area contributed by atoms with Crippen molar-refractivity contribution < 1.29 is 9.90 Å². The van der Waals surface area contributed by atoms with Crippen molar-refractivity contribution in [2.24, 2.45) is 5.41 Å². The molecule has 0 radical (unpaired) electrons. The molecule has 0 aromatic carbocycles. The summed E-state index contributed by atoms with van der Waals surface area (Å²) in [5, 5.41) is 19.6. The number of aromatic nitrogens is 2. The summed E-state index contributed by atoms with van der Waals surface area (Å²) in [5.74, 6) is 0.0624. The lowest BCUT2D eigenvalue weighted by Gasteiger charge is -2.17. The fourth-order valence-corrected chi connectivity index (χ4v) is 2.05. The number of aliphatic hydroxyl groups is 1. The highest BCUT2D eigenvalue weighted by Gasteiger charge is 2.20. The van der Waals surface area contributed by atoms with E-state index in [1.54, 1.807) is 0 Å². The van der Waals surface area contributed by atoms with Crippen molar-refractivity contribution in [1.29, 1.82) is 0 Å². The topological polar surface area (TPSA) is 79.2 Å². The van der Waals surface area contributed by atoms with Crippen LogP contribution < -0.4 is 10.6 Å². The molecule has 0 saturated carbocycles. The van der Waals surface area contributed by atoms with Gasteiger partial charge < -0.3 is 15.7 Å². The van der Waals surface area contributed by atoms with E-state index in [2.05, 4.69) is 15.7 Å². The largest absolute Gasteiger partial charge is 0.394 e. The van der Waals surface area contributed by atoms with Gasteiger partial charge in [-0.2, -0.15) is 5.10 Å². The van der Waals surface area contributed by atoms with Crippen LogP contribution in [0.4, 0.5) is 0 Å². The van der Waals surface area contributed by atoms with E-state index < -0.39 is 0 Å². The Hall–Kier alpha value is -1.40. The van der Waals surface area contributed by atoms with Crippen LogP contribution in [0.15, 0.2) is 0 Å². The summed E-state index contributed by atoms with van der Waals surface area (Å²) in [6.07, 6.45) is 0. The number of carbonyl (C=O) groups is 1. The lowest BCUT2D eigenvalue weighted by molar-refractivity contribution is -0.128. The number of hydrogen-bond acceptors (Lipinski definition) is 4. The van der Waals surface area contributed by atoms with Crippen molar-refractivity contribution in [1.82, 2.24) is 20.4 Å². The summed E-state index contributed by atoms with van der Waals surface area (Å²) >= 11 is 0. The van der Waals surface area contributed by atoms with Crippen LogP contribution in [-0.4, -0.2) is 40.5 Å². The second kappa shape index (κ2) is 7.56. The van der Waals surface area contributed by atoms with Crippen molar-refractivity contribution >= 4 is 5.91 Å². The summed E-state index contributed by atoms with van der Waals surface area (Å²) in [5.41, 5.74) is 2.86. The fourth-order valence-electron chi connectivity index (χ4n) is 2.05. The first-order valence-corrected chi connectivity index (χ1v) is 7.40. The van der Waals surface area contributed by atoms with Crippen molar-refractivity contribution in [3.05, 3.63) is 17.0 Å². The fraction of sp³-hybridized carbons (Fsp3) is 0.733. The zero-order chi connectivity index (χ0) is 16.0. The van der Waals surface area contributed by atoms with Crippen LogP contribution in [0.5, 0.6) is 0 Å². The summed E-state index contributed by atoms with van der Waals surface area (Å²) in [7, 11) is 0. The number of nitrogens with zero attached hydrogens (tertiary/aromatic N) is 2. The van der Waals surface area contributed by atoms with E-state index in [9.17, 15) is 4.79 Å². The molecular formula is C15H28N4O2. The van der Waals surface area contributed by atoms with Crippen molar-refractivity contribution in [2.45, 2.75) is 47.7 Å². The van der Waals surface area contributed by atoms with E-state index in [1.165, 1.54) is 0 Å². The maximum atomic E-state index is 11.7. The number of aliphatic hydroxyl groups excluding tert-OH is 1. The summed E-state index contributed by atoms with van der Waals surface area (Å²) in [4.78, 5) is 11.7. The monoisotopic (exact) mass is 296 g/mol. The van der Waals surface area contributed by atoms with Crippen LogP contribution in [0.1, 0.15) is 37.7 Å². The van der Waals surface area contributed by atoms with E-state index in [0.29, 0.717) is 26.2 Å². The van der Waals surface area contributed by atoms with Crippen LogP contribution in [0, 0.1) is 19.3 Å². The zero-order valence-corrected chi connectivity index (χ0v) is 13.8. The van der Waals surface area contributed by atoms with Crippen molar-refractivity contribution in [3.63, 3.8) is 0 Å². The molecule has 1 rings (SSSR count). The Morgan fingerprint density at radius 1 is 1.29 bits per heavy atom. The Morgan fingerprint density at radius 2 is 1.95 bits per heavy atom. The Balaban J connectivity index is 2.38. The van der Waals surface area contributed by atoms with Gasteiger partial charge in [0.2, 0.25) is 5.91 Å². The minimum absolute atomic E-state index is 0.0624. The molecule has 0 saturated heterocycles. The predicted molar refractivity (Wildman–Crippen MR) is 83.0 cm³/mol. The maximum Gasteiger partial charge on any atom is 0.225 e. The number of carbonyl (C=O) groups excluding carboxylic acids is 1.